The van der Waals surface area contributed by atoms with Crippen molar-refractivity contribution in [3.63, 3.8) is 0 Å². The van der Waals surface area contributed by atoms with Gasteiger partial charge < -0.3 is 10.1 Å². The third kappa shape index (κ3) is 2.21. The zero-order valence-electron chi connectivity index (χ0n) is 13.9. The molecule has 1 N–H and O–H groups in total. The minimum absolute atomic E-state index is 0.743. The molecular weight excluding hydrogens is 328 g/mol. The van der Waals surface area contributed by atoms with Crippen LogP contribution in [0.5, 0.6) is 5.75 Å². The highest BCUT2D eigenvalue weighted by Gasteiger charge is 2.15. The zero-order chi connectivity index (χ0) is 17.5. The molecule has 4 aromatic heterocycles. The molecule has 0 aliphatic rings. The maximum Gasteiger partial charge on any atom is 0.167 e. The summed E-state index contributed by atoms with van der Waals surface area (Å²) in [6.07, 6.45) is 8.81. The highest BCUT2D eigenvalue weighted by atomic mass is 16.5. The van der Waals surface area contributed by atoms with Gasteiger partial charge in [0.25, 0.3) is 0 Å². The molecule has 5 rings (SSSR count). The lowest BCUT2D eigenvalue weighted by Crippen LogP contribution is -1.96. The summed E-state index contributed by atoms with van der Waals surface area (Å²) < 4.78 is 7.25. The van der Waals surface area contributed by atoms with Gasteiger partial charge in [0.05, 0.1) is 30.7 Å². The molecule has 0 amide bonds. The number of pyridine rings is 2. The summed E-state index contributed by atoms with van der Waals surface area (Å²) in [4.78, 5) is 17.8. The van der Waals surface area contributed by atoms with E-state index in [0.717, 1.165) is 44.8 Å². The molecule has 26 heavy (non-hydrogen) atoms. The quantitative estimate of drug-likeness (QED) is 0.540. The topological polar surface area (TPSA) is 77.2 Å². The summed E-state index contributed by atoms with van der Waals surface area (Å²) in [5, 5.41) is 4.43. The van der Waals surface area contributed by atoms with Crippen LogP contribution in [0.1, 0.15) is 0 Å². The average Bonchev–Trinajstić information content (AvgIpc) is 3.06. The highest BCUT2D eigenvalue weighted by molar-refractivity contribution is 6.07. The van der Waals surface area contributed by atoms with E-state index in [4.69, 9.17) is 14.7 Å². The summed E-state index contributed by atoms with van der Waals surface area (Å²) in [5.41, 5.74) is 4.86. The molecule has 0 unspecified atom stereocenters. The van der Waals surface area contributed by atoms with Crippen molar-refractivity contribution in [2.45, 2.75) is 0 Å². The van der Waals surface area contributed by atoms with Crippen LogP contribution in [0.2, 0.25) is 0 Å². The third-order valence-corrected chi connectivity index (χ3v) is 4.28. The Bertz CT molecular complexity index is 1260. The number of fused-ring (bicyclic) bond motifs is 4. The van der Waals surface area contributed by atoms with E-state index in [1.165, 1.54) is 0 Å². The van der Waals surface area contributed by atoms with E-state index in [-0.39, 0.29) is 0 Å². The number of nitrogens with one attached hydrogen (secondary N) is 1. The summed E-state index contributed by atoms with van der Waals surface area (Å²) in [6, 6.07) is 9.71. The Balaban J connectivity index is 1.82. The van der Waals surface area contributed by atoms with Gasteiger partial charge in [-0.3, -0.25) is 14.4 Å². The second-order valence-corrected chi connectivity index (χ2v) is 5.83. The van der Waals surface area contributed by atoms with Gasteiger partial charge >= 0.3 is 0 Å². The minimum Gasteiger partial charge on any atom is -0.497 e. The average molecular weight is 342 g/mol. The summed E-state index contributed by atoms with van der Waals surface area (Å²) in [5.74, 6) is 0.783. The second kappa shape index (κ2) is 5.66. The molecule has 0 atom stereocenters. The van der Waals surface area contributed by atoms with Crippen LogP contribution in [0.3, 0.4) is 0 Å². The van der Waals surface area contributed by atoms with Gasteiger partial charge in [-0.25, -0.2) is 9.97 Å². The summed E-state index contributed by atoms with van der Waals surface area (Å²) in [6.45, 7) is 0. The van der Waals surface area contributed by atoms with Crippen molar-refractivity contribution < 1.29 is 4.74 Å². The molecule has 0 bridgehead atoms. The molecule has 0 radical (unpaired) electrons. The number of aromatic nitrogens is 5. The Morgan fingerprint density at radius 3 is 2.88 bits per heavy atom. The molecule has 0 saturated carbocycles. The minimum atomic E-state index is 0.743. The lowest BCUT2D eigenvalue weighted by Gasteiger charge is -2.11. The van der Waals surface area contributed by atoms with Gasteiger partial charge in [-0.1, -0.05) is 6.07 Å². The molecule has 7 nitrogen and oxygen atoms in total. The number of benzene rings is 1. The first-order valence-corrected chi connectivity index (χ1v) is 8.10. The van der Waals surface area contributed by atoms with Gasteiger partial charge in [0.2, 0.25) is 0 Å². The van der Waals surface area contributed by atoms with Gasteiger partial charge in [-0.2, -0.15) is 0 Å². The van der Waals surface area contributed by atoms with Crippen molar-refractivity contribution in [1.82, 2.24) is 24.3 Å². The van der Waals surface area contributed by atoms with E-state index in [9.17, 15) is 0 Å². The maximum absolute atomic E-state index is 5.33. The van der Waals surface area contributed by atoms with E-state index in [2.05, 4.69) is 15.3 Å². The largest absolute Gasteiger partial charge is 0.497 e. The van der Waals surface area contributed by atoms with E-state index in [0.29, 0.717) is 0 Å². The number of hydrogen-bond acceptors (Lipinski definition) is 6. The predicted octanol–water partition coefficient (Wildman–Crippen LogP) is 3.58. The molecule has 0 spiro atoms. The van der Waals surface area contributed by atoms with Crippen LogP contribution < -0.4 is 10.1 Å². The van der Waals surface area contributed by atoms with E-state index < -0.39 is 0 Å². The normalized spacial score (nSPS) is 11.3. The summed E-state index contributed by atoms with van der Waals surface area (Å²) in [7, 11) is 1.65. The van der Waals surface area contributed by atoms with E-state index >= 15 is 0 Å². The second-order valence-electron chi connectivity index (χ2n) is 5.83. The van der Waals surface area contributed by atoms with E-state index in [1.54, 1.807) is 31.9 Å². The van der Waals surface area contributed by atoms with Gasteiger partial charge in [-0.05, 0) is 18.2 Å². The molecular formula is C19H14N6O. The molecule has 0 aliphatic carbocycles. The maximum atomic E-state index is 5.33. The highest BCUT2D eigenvalue weighted by Crippen LogP contribution is 2.33. The third-order valence-electron chi connectivity index (χ3n) is 4.28. The molecule has 4 heterocycles. The van der Waals surface area contributed by atoms with Crippen LogP contribution >= 0.6 is 0 Å². The van der Waals surface area contributed by atoms with Crippen molar-refractivity contribution in [2.75, 3.05) is 12.4 Å². The number of nitrogens with zero attached hydrogens (tertiary/aromatic N) is 5. The number of ether oxygens (including phenoxy) is 1. The molecule has 1 aromatic carbocycles. The first kappa shape index (κ1) is 14.6. The van der Waals surface area contributed by atoms with Crippen molar-refractivity contribution in [1.29, 1.82) is 0 Å². The fraction of sp³-hybridized carbons (Fsp3) is 0.0526. The summed E-state index contributed by atoms with van der Waals surface area (Å²) >= 11 is 0. The fourth-order valence-electron chi connectivity index (χ4n) is 3.07. The number of imidazole rings is 1. The van der Waals surface area contributed by atoms with Crippen LogP contribution in [0.4, 0.5) is 11.4 Å². The fourth-order valence-corrected chi connectivity index (χ4v) is 3.07. The molecule has 0 aliphatic heterocycles. The Morgan fingerprint density at radius 2 is 1.96 bits per heavy atom. The number of anilines is 2. The van der Waals surface area contributed by atoms with Gasteiger partial charge in [-0.15, -0.1) is 0 Å². The van der Waals surface area contributed by atoms with Crippen LogP contribution in [0.25, 0.3) is 27.7 Å². The Morgan fingerprint density at radius 1 is 1.04 bits per heavy atom. The first-order valence-electron chi connectivity index (χ1n) is 8.10. The SMILES string of the molecule is COc1cccc(Nc2c3ccncc3nc3c2nc2cnccn23)c1. The molecule has 5 aromatic rings. The molecule has 0 saturated heterocycles. The number of hydrogen-bond donors (Lipinski definition) is 1. The van der Waals surface area contributed by atoms with E-state index in [1.807, 2.05) is 40.9 Å². The zero-order valence-corrected chi connectivity index (χ0v) is 13.9. The van der Waals surface area contributed by atoms with Crippen molar-refractivity contribution >= 4 is 39.1 Å². The Kier molecular flexibility index (Phi) is 3.18. The molecule has 126 valence electrons. The van der Waals surface area contributed by atoms with Gasteiger partial charge in [0.1, 0.15) is 11.3 Å². The molecule has 0 fully saturated rings. The molecule has 7 heteroatoms. The monoisotopic (exact) mass is 342 g/mol. The Labute approximate surface area is 148 Å². The lowest BCUT2D eigenvalue weighted by molar-refractivity contribution is 0.415. The Hall–Kier alpha value is -3.74. The standard InChI is InChI=1S/C19H14N6O/c1-26-13-4-2-3-12(9-13)22-17-14-5-6-20-10-15(14)23-19-18(17)24-16-11-21-7-8-25(16)19/h2-11H,1H3,(H,22,23). The van der Waals surface area contributed by atoms with Gasteiger partial charge in [0, 0.05) is 35.7 Å². The van der Waals surface area contributed by atoms with Crippen LogP contribution in [-0.4, -0.2) is 31.4 Å². The van der Waals surface area contributed by atoms with Crippen LogP contribution in [0.15, 0.2) is 61.3 Å². The first-order chi connectivity index (χ1) is 12.8. The predicted molar refractivity (Wildman–Crippen MR) is 99.9 cm³/mol. The van der Waals surface area contributed by atoms with Crippen molar-refractivity contribution in [2.24, 2.45) is 0 Å². The van der Waals surface area contributed by atoms with Crippen LogP contribution in [-0.2, 0) is 0 Å². The van der Waals surface area contributed by atoms with Crippen molar-refractivity contribution in [3.8, 4) is 5.75 Å². The lowest BCUT2D eigenvalue weighted by atomic mass is 10.2. The van der Waals surface area contributed by atoms with Crippen molar-refractivity contribution in [3.05, 3.63) is 61.3 Å². The van der Waals surface area contributed by atoms with Gasteiger partial charge in [0.15, 0.2) is 11.3 Å². The number of methoxy groups -OCH3 is 1. The number of rotatable bonds is 3. The smallest absolute Gasteiger partial charge is 0.167 e. The van der Waals surface area contributed by atoms with Crippen LogP contribution in [0, 0.1) is 0 Å².